The van der Waals surface area contributed by atoms with Gasteiger partial charge in [0.05, 0.1) is 0 Å². The van der Waals surface area contributed by atoms with E-state index in [-0.39, 0.29) is 17.7 Å². The van der Waals surface area contributed by atoms with Crippen molar-refractivity contribution in [2.45, 2.75) is 19.4 Å². The van der Waals surface area contributed by atoms with E-state index in [0.717, 1.165) is 5.56 Å². The third kappa shape index (κ3) is 3.78. The molecule has 2 aromatic carbocycles. The molecule has 2 rings (SSSR count). The van der Waals surface area contributed by atoms with Crippen LogP contribution in [0.3, 0.4) is 0 Å². The van der Waals surface area contributed by atoms with Crippen LogP contribution in [-0.4, -0.2) is 6.54 Å². The molecule has 4 heteroatoms. The summed E-state index contributed by atoms with van der Waals surface area (Å²) >= 11 is 5.77. The fourth-order valence-corrected chi connectivity index (χ4v) is 2.34. The van der Waals surface area contributed by atoms with E-state index in [2.05, 4.69) is 5.32 Å². The topological polar surface area (TPSA) is 12.0 Å². The smallest absolute Gasteiger partial charge is 0.129 e. The van der Waals surface area contributed by atoms with Gasteiger partial charge in [-0.3, -0.25) is 0 Å². The maximum Gasteiger partial charge on any atom is 0.129 e. The molecular weight excluding hydrogens is 280 g/mol. The van der Waals surface area contributed by atoms with E-state index >= 15 is 0 Å². The maximum absolute atomic E-state index is 14.0. The Kier molecular flexibility index (Phi) is 5.10. The second-order valence-electron chi connectivity index (χ2n) is 4.61. The summed E-state index contributed by atoms with van der Waals surface area (Å²) in [5, 5.41) is 3.62. The van der Waals surface area contributed by atoms with Gasteiger partial charge in [0.2, 0.25) is 0 Å². The van der Waals surface area contributed by atoms with E-state index in [1.165, 1.54) is 18.2 Å². The van der Waals surface area contributed by atoms with Crippen molar-refractivity contribution in [3.05, 3.63) is 70.2 Å². The van der Waals surface area contributed by atoms with E-state index < -0.39 is 0 Å². The summed E-state index contributed by atoms with van der Waals surface area (Å²) in [7, 11) is 0. The van der Waals surface area contributed by atoms with Crippen molar-refractivity contribution in [2.75, 3.05) is 6.54 Å². The molecule has 1 N–H and O–H groups in total. The summed E-state index contributed by atoms with van der Waals surface area (Å²) < 4.78 is 26.9. The molecule has 0 saturated heterocycles. The highest BCUT2D eigenvalue weighted by Gasteiger charge is 2.15. The summed E-state index contributed by atoms with van der Waals surface area (Å²) in [5.74, 6) is -0.600. The number of likely N-dealkylation sites (N-methyl/N-ethyl adjacent to an activating group) is 1. The molecule has 106 valence electrons. The zero-order valence-corrected chi connectivity index (χ0v) is 11.9. The quantitative estimate of drug-likeness (QED) is 0.855. The van der Waals surface area contributed by atoms with Crippen molar-refractivity contribution in [3.63, 3.8) is 0 Å². The van der Waals surface area contributed by atoms with Crippen LogP contribution in [0.15, 0.2) is 42.5 Å². The number of nitrogens with one attached hydrogen (secondary N) is 1. The van der Waals surface area contributed by atoms with Crippen LogP contribution in [0.5, 0.6) is 0 Å². The third-order valence-corrected chi connectivity index (χ3v) is 3.38. The van der Waals surface area contributed by atoms with E-state index in [4.69, 9.17) is 11.6 Å². The van der Waals surface area contributed by atoms with Crippen molar-refractivity contribution >= 4 is 11.6 Å². The number of hydrogen-bond donors (Lipinski definition) is 1. The standard InChI is InChI=1S/C16H16ClF2N/c1-2-20-16(9-11-3-6-13(18)7-4-11)14-8-5-12(17)10-15(14)19/h3-8,10,16,20H,2,9H2,1H3. The zero-order chi connectivity index (χ0) is 14.5. The van der Waals surface area contributed by atoms with Gasteiger partial charge in [0, 0.05) is 16.6 Å². The Hall–Kier alpha value is -1.45. The molecule has 0 radical (unpaired) electrons. The SMILES string of the molecule is CCNC(Cc1ccc(F)cc1)c1ccc(Cl)cc1F. The Morgan fingerprint density at radius 2 is 1.80 bits per heavy atom. The summed E-state index contributed by atoms with van der Waals surface area (Å²) in [6, 6.07) is 10.8. The van der Waals surface area contributed by atoms with Gasteiger partial charge in [0.15, 0.2) is 0 Å². The lowest BCUT2D eigenvalue weighted by Crippen LogP contribution is -2.24. The normalized spacial score (nSPS) is 12.4. The zero-order valence-electron chi connectivity index (χ0n) is 11.2. The van der Waals surface area contributed by atoms with Crippen LogP contribution >= 0.6 is 11.6 Å². The Labute approximate surface area is 122 Å². The maximum atomic E-state index is 14.0. The monoisotopic (exact) mass is 295 g/mol. The van der Waals surface area contributed by atoms with Gasteiger partial charge in [-0.25, -0.2) is 8.78 Å². The lowest BCUT2D eigenvalue weighted by atomic mass is 9.98. The first-order valence-corrected chi connectivity index (χ1v) is 6.90. The Bertz CT molecular complexity index is 569. The van der Waals surface area contributed by atoms with Crippen molar-refractivity contribution in [2.24, 2.45) is 0 Å². The summed E-state index contributed by atoms with van der Waals surface area (Å²) in [6.07, 6.45) is 0.590. The van der Waals surface area contributed by atoms with Crippen LogP contribution in [-0.2, 0) is 6.42 Å². The van der Waals surface area contributed by atoms with Crippen LogP contribution in [0.1, 0.15) is 24.1 Å². The summed E-state index contributed by atoms with van der Waals surface area (Å²) in [5.41, 5.74) is 1.52. The van der Waals surface area contributed by atoms with Gasteiger partial charge in [-0.1, -0.05) is 36.7 Å². The second-order valence-corrected chi connectivity index (χ2v) is 5.04. The minimum Gasteiger partial charge on any atom is -0.310 e. The molecule has 0 aliphatic heterocycles. The molecule has 20 heavy (non-hydrogen) atoms. The summed E-state index contributed by atoms with van der Waals surface area (Å²) in [6.45, 7) is 2.68. The first-order chi connectivity index (χ1) is 9.60. The van der Waals surface area contributed by atoms with Crippen molar-refractivity contribution in [1.29, 1.82) is 0 Å². The summed E-state index contributed by atoms with van der Waals surface area (Å²) in [4.78, 5) is 0. The minimum atomic E-state index is -0.328. The minimum absolute atomic E-state index is 0.164. The molecule has 1 unspecified atom stereocenters. The first-order valence-electron chi connectivity index (χ1n) is 6.53. The average Bonchev–Trinajstić information content (AvgIpc) is 2.41. The first kappa shape index (κ1) is 14.9. The average molecular weight is 296 g/mol. The Morgan fingerprint density at radius 3 is 2.40 bits per heavy atom. The molecule has 0 aromatic heterocycles. The van der Waals surface area contributed by atoms with Crippen molar-refractivity contribution in [1.82, 2.24) is 5.32 Å². The molecule has 2 aromatic rings. The molecule has 0 saturated carbocycles. The fraction of sp³-hybridized carbons (Fsp3) is 0.250. The third-order valence-electron chi connectivity index (χ3n) is 3.14. The van der Waals surface area contributed by atoms with E-state index in [9.17, 15) is 8.78 Å². The van der Waals surface area contributed by atoms with Crippen LogP contribution in [0.4, 0.5) is 8.78 Å². The molecule has 0 aliphatic carbocycles. The molecule has 0 heterocycles. The van der Waals surface area contributed by atoms with Crippen LogP contribution in [0.2, 0.25) is 5.02 Å². The molecule has 0 bridgehead atoms. The number of hydrogen-bond acceptors (Lipinski definition) is 1. The van der Waals surface area contributed by atoms with Crippen molar-refractivity contribution < 1.29 is 8.78 Å². The van der Waals surface area contributed by atoms with Gasteiger partial charge < -0.3 is 5.32 Å². The predicted octanol–water partition coefficient (Wildman–Crippen LogP) is 4.51. The lowest BCUT2D eigenvalue weighted by Gasteiger charge is -2.19. The van der Waals surface area contributed by atoms with Crippen LogP contribution < -0.4 is 5.32 Å². The molecule has 1 nitrogen and oxygen atoms in total. The molecule has 1 atom stereocenters. The van der Waals surface area contributed by atoms with Gasteiger partial charge in [-0.15, -0.1) is 0 Å². The largest absolute Gasteiger partial charge is 0.310 e. The van der Waals surface area contributed by atoms with Crippen molar-refractivity contribution in [3.8, 4) is 0 Å². The van der Waals surface area contributed by atoms with Crippen LogP contribution in [0, 0.1) is 11.6 Å². The van der Waals surface area contributed by atoms with E-state index in [0.29, 0.717) is 23.6 Å². The van der Waals surface area contributed by atoms with Crippen LogP contribution in [0.25, 0.3) is 0 Å². The molecule has 0 spiro atoms. The molecule has 0 fully saturated rings. The number of rotatable bonds is 5. The van der Waals surface area contributed by atoms with E-state index in [1.807, 2.05) is 6.92 Å². The number of halogens is 3. The highest BCUT2D eigenvalue weighted by Crippen LogP contribution is 2.24. The second kappa shape index (κ2) is 6.82. The van der Waals surface area contributed by atoms with Gasteiger partial charge in [-0.2, -0.15) is 0 Å². The van der Waals surface area contributed by atoms with Gasteiger partial charge in [0.25, 0.3) is 0 Å². The molecule has 0 aliphatic rings. The van der Waals surface area contributed by atoms with E-state index in [1.54, 1.807) is 24.3 Å². The Balaban J connectivity index is 2.24. The van der Waals surface area contributed by atoms with Gasteiger partial charge >= 0.3 is 0 Å². The number of benzene rings is 2. The fourth-order valence-electron chi connectivity index (χ4n) is 2.18. The van der Waals surface area contributed by atoms with Gasteiger partial charge in [0.1, 0.15) is 11.6 Å². The highest BCUT2D eigenvalue weighted by atomic mass is 35.5. The Morgan fingerprint density at radius 1 is 1.10 bits per heavy atom. The van der Waals surface area contributed by atoms with Gasteiger partial charge in [-0.05, 0) is 42.8 Å². The molecule has 0 amide bonds. The molecular formula is C16H16ClF2N. The highest BCUT2D eigenvalue weighted by molar-refractivity contribution is 6.30. The predicted molar refractivity (Wildman–Crippen MR) is 77.9 cm³/mol. The lowest BCUT2D eigenvalue weighted by molar-refractivity contribution is 0.509.